The van der Waals surface area contributed by atoms with Gasteiger partial charge in [0.25, 0.3) is 11.6 Å². The zero-order valence-electron chi connectivity index (χ0n) is 11.0. The number of hydrogen-bond donors (Lipinski definition) is 1. The van der Waals surface area contributed by atoms with E-state index in [4.69, 9.17) is 11.6 Å². The van der Waals surface area contributed by atoms with Gasteiger partial charge in [-0.1, -0.05) is 6.07 Å². The van der Waals surface area contributed by atoms with Crippen molar-refractivity contribution < 1.29 is 9.72 Å². The van der Waals surface area contributed by atoms with E-state index in [-0.39, 0.29) is 17.6 Å². The van der Waals surface area contributed by atoms with E-state index in [1.165, 1.54) is 6.07 Å². The third kappa shape index (κ3) is 4.52. The van der Waals surface area contributed by atoms with Crippen molar-refractivity contribution >= 4 is 23.2 Å². The average Bonchev–Trinajstić information content (AvgIpc) is 2.36. The summed E-state index contributed by atoms with van der Waals surface area (Å²) in [6.45, 7) is 3.52. The first-order valence-corrected chi connectivity index (χ1v) is 6.61. The van der Waals surface area contributed by atoms with Crippen molar-refractivity contribution in [3.63, 3.8) is 0 Å². The number of hydrogen-bond acceptors (Lipinski definition) is 3. The van der Waals surface area contributed by atoms with Crippen molar-refractivity contribution in [3.8, 4) is 0 Å². The molecule has 5 nitrogen and oxygen atoms in total. The van der Waals surface area contributed by atoms with Crippen molar-refractivity contribution in [2.45, 2.75) is 32.7 Å². The molecule has 1 rings (SSSR count). The molecule has 0 heterocycles. The molecule has 0 aliphatic heterocycles. The van der Waals surface area contributed by atoms with Gasteiger partial charge in [0.05, 0.1) is 4.92 Å². The molecule has 1 unspecified atom stereocenters. The number of alkyl halides is 1. The number of nitrogens with zero attached hydrogens (tertiary/aromatic N) is 1. The van der Waals surface area contributed by atoms with E-state index < -0.39 is 4.92 Å². The summed E-state index contributed by atoms with van der Waals surface area (Å²) in [6.07, 6.45) is 1.60. The highest BCUT2D eigenvalue weighted by atomic mass is 35.5. The summed E-state index contributed by atoms with van der Waals surface area (Å²) in [7, 11) is 0. The Morgan fingerprint density at radius 1 is 1.53 bits per heavy atom. The van der Waals surface area contributed by atoms with Gasteiger partial charge in [0, 0.05) is 29.1 Å². The summed E-state index contributed by atoms with van der Waals surface area (Å²) >= 11 is 5.58. The van der Waals surface area contributed by atoms with E-state index in [0.29, 0.717) is 17.0 Å². The number of aryl methyl sites for hydroxylation is 1. The van der Waals surface area contributed by atoms with Crippen LogP contribution in [0.1, 0.15) is 35.7 Å². The molecule has 19 heavy (non-hydrogen) atoms. The van der Waals surface area contributed by atoms with Crippen molar-refractivity contribution in [2.75, 3.05) is 5.88 Å². The van der Waals surface area contributed by atoms with Gasteiger partial charge in [0.1, 0.15) is 0 Å². The van der Waals surface area contributed by atoms with Gasteiger partial charge in [-0.2, -0.15) is 0 Å². The summed E-state index contributed by atoms with van der Waals surface area (Å²) in [5, 5.41) is 13.6. The number of nitro benzene ring substituents is 1. The van der Waals surface area contributed by atoms with E-state index in [1.54, 1.807) is 19.1 Å². The Labute approximate surface area is 117 Å². The molecule has 104 valence electrons. The van der Waals surface area contributed by atoms with Crippen LogP contribution in [0.5, 0.6) is 0 Å². The predicted octanol–water partition coefficient (Wildman–Crippen LogP) is 3.04. The first-order chi connectivity index (χ1) is 8.95. The van der Waals surface area contributed by atoms with Gasteiger partial charge in [-0.25, -0.2) is 0 Å². The van der Waals surface area contributed by atoms with Crippen molar-refractivity contribution in [1.29, 1.82) is 0 Å². The van der Waals surface area contributed by atoms with Gasteiger partial charge in [0.15, 0.2) is 0 Å². The minimum atomic E-state index is -0.483. The molecule has 0 bridgehead atoms. The summed E-state index contributed by atoms with van der Waals surface area (Å²) in [4.78, 5) is 22.3. The number of halogens is 1. The molecule has 0 aliphatic carbocycles. The zero-order valence-corrected chi connectivity index (χ0v) is 11.7. The largest absolute Gasteiger partial charge is 0.350 e. The second kappa shape index (κ2) is 7.09. The second-order valence-corrected chi connectivity index (χ2v) is 4.84. The fraction of sp³-hybridized carbons (Fsp3) is 0.462. The average molecular weight is 285 g/mol. The van der Waals surface area contributed by atoms with Crippen LogP contribution in [0, 0.1) is 17.0 Å². The van der Waals surface area contributed by atoms with Crippen molar-refractivity contribution in [1.82, 2.24) is 5.32 Å². The SMILES string of the molecule is Cc1ccc(C(=O)NC(C)CCCCl)cc1[N+](=O)[O-]. The van der Waals surface area contributed by atoms with Crippen LogP contribution in [0.3, 0.4) is 0 Å². The maximum atomic E-state index is 11.9. The lowest BCUT2D eigenvalue weighted by molar-refractivity contribution is -0.385. The number of rotatable bonds is 6. The van der Waals surface area contributed by atoms with Crippen LogP contribution >= 0.6 is 11.6 Å². The first-order valence-electron chi connectivity index (χ1n) is 6.07. The predicted molar refractivity (Wildman–Crippen MR) is 74.7 cm³/mol. The Bertz CT molecular complexity index is 477. The van der Waals surface area contributed by atoms with E-state index in [2.05, 4.69) is 5.32 Å². The van der Waals surface area contributed by atoms with Crippen LogP contribution in [0.15, 0.2) is 18.2 Å². The molecule has 1 amide bonds. The van der Waals surface area contributed by atoms with Gasteiger partial charge in [0.2, 0.25) is 0 Å². The summed E-state index contributed by atoms with van der Waals surface area (Å²) in [6, 6.07) is 4.47. The summed E-state index contributed by atoms with van der Waals surface area (Å²) in [5.41, 5.74) is 0.799. The summed E-state index contributed by atoms with van der Waals surface area (Å²) in [5.74, 6) is 0.251. The van der Waals surface area contributed by atoms with Crippen molar-refractivity contribution in [3.05, 3.63) is 39.4 Å². The van der Waals surface area contributed by atoms with Crippen LogP contribution in [-0.4, -0.2) is 22.8 Å². The molecule has 0 aromatic heterocycles. The Hall–Kier alpha value is -1.62. The van der Waals surface area contributed by atoms with E-state index in [0.717, 1.165) is 12.8 Å². The molecular formula is C13H17ClN2O3. The Morgan fingerprint density at radius 3 is 2.79 bits per heavy atom. The van der Waals surface area contributed by atoms with Gasteiger partial charge in [-0.3, -0.25) is 14.9 Å². The molecule has 6 heteroatoms. The quantitative estimate of drug-likeness (QED) is 0.496. The maximum Gasteiger partial charge on any atom is 0.273 e. The first kappa shape index (κ1) is 15.4. The summed E-state index contributed by atoms with van der Waals surface area (Å²) < 4.78 is 0. The third-order valence-electron chi connectivity index (χ3n) is 2.82. The van der Waals surface area contributed by atoms with Crippen LogP contribution < -0.4 is 5.32 Å². The number of benzene rings is 1. The molecule has 1 atom stereocenters. The topological polar surface area (TPSA) is 72.2 Å². The zero-order chi connectivity index (χ0) is 14.4. The third-order valence-corrected chi connectivity index (χ3v) is 3.08. The Morgan fingerprint density at radius 2 is 2.21 bits per heavy atom. The molecular weight excluding hydrogens is 268 g/mol. The van der Waals surface area contributed by atoms with Crippen LogP contribution in [0.25, 0.3) is 0 Å². The highest BCUT2D eigenvalue weighted by Crippen LogP contribution is 2.19. The maximum absolute atomic E-state index is 11.9. The minimum absolute atomic E-state index is 0.00777. The molecule has 0 radical (unpaired) electrons. The fourth-order valence-corrected chi connectivity index (χ4v) is 1.86. The van der Waals surface area contributed by atoms with Gasteiger partial charge in [-0.15, -0.1) is 11.6 Å². The molecule has 1 N–H and O–H groups in total. The standard InChI is InChI=1S/C13H17ClN2O3/c1-9-5-6-11(8-12(9)16(18)19)13(17)15-10(2)4-3-7-14/h5-6,8,10H,3-4,7H2,1-2H3,(H,15,17). The Kier molecular flexibility index (Phi) is 5.76. The monoisotopic (exact) mass is 284 g/mol. The van der Waals surface area contributed by atoms with Gasteiger partial charge in [-0.05, 0) is 32.8 Å². The molecule has 1 aromatic carbocycles. The van der Waals surface area contributed by atoms with Gasteiger partial charge < -0.3 is 5.32 Å². The van der Waals surface area contributed by atoms with Crippen LogP contribution in [-0.2, 0) is 0 Å². The number of nitro groups is 1. The number of amides is 1. The normalized spacial score (nSPS) is 11.9. The minimum Gasteiger partial charge on any atom is -0.350 e. The highest BCUT2D eigenvalue weighted by molar-refractivity contribution is 6.17. The number of carbonyl (C=O) groups is 1. The van der Waals surface area contributed by atoms with Crippen molar-refractivity contribution in [2.24, 2.45) is 0 Å². The number of carbonyl (C=O) groups excluding carboxylic acids is 1. The Balaban J connectivity index is 2.77. The lowest BCUT2D eigenvalue weighted by Crippen LogP contribution is -2.32. The molecule has 1 aromatic rings. The number of nitrogens with one attached hydrogen (secondary N) is 1. The van der Waals surface area contributed by atoms with Gasteiger partial charge >= 0.3 is 0 Å². The molecule has 0 saturated carbocycles. The molecule has 0 saturated heterocycles. The molecule has 0 aliphatic rings. The fourth-order valence-electron chi connectivity index (χ4n) is 1.71. The van der Waals surface area contributed by atoms with E-state index in [1.807, 2.05) is 6.92 Å². The highest BCUT2D eigenvalue weighted by Gasteiger charge is 2.16. The lowest BCUT2D eigenvalue weighted by Gasteiger charge is -2.13. The second-order valence-electron chi connectivity index (χ2n) is 4.46. The van der Waals surface area contributed by atoms with E-state index in [9.17, 15) is 14.9 Å². The smallest absolute Gasteiger partial charge is 0.273 e. The van der Waals surface area contributed by atoms with E-state index >= 15 is 0 Å². The lowest BCUT2D eigenvalue weighted by atomic mass is 10.1. The molecule has 0 fully saturated rings. The molecule has 0 spiro atoms. The van der Waals surface area contributed by atoms with Crippen LogP contribution in [0.2, 0.25) is 0 Å². The van der Waals surface area contributed by atoms with Crippen LogP contribution in [0.4, 0.5) is 5.69 Å².